The van der Waals surface area contributed by atoms with Crippen LogP contribution in [0.15, 0.2) is 36.7 Å². The normalized spacial score (nSPS) is 11.1. The Morgan fingerprint density at radius 3 is 2.76 bits per heavy atom. The maximum atomic E-state index is 4.23. The number of nitrogens with zero attached hydrogens (tertiary/aromatic N) is 2. The van der Waals surface area contributed by atoms with E-state index in [0.29, 0.717) is 6.04 Å². The molecule has 1 heterocycles. The number of aromatic nitrogens is 2. The molecule has 0 saturated carbocycles. The summed E-state index contributed by atoms with van der Waals surface area (Å²) < 4.78 is 1.88. The predicted molar refractivity (Wildman–Crippen MR) is 70.3 cm³/mol. The fourth-order valence-electron chi connectivity index (χ4n) is 1.76. The van der Waals surface area contributed by atoms with Gasteiger partial charge in [-0.25, -0.2) is 4.68 Å². The third kappa shape index (κ3) is 2.94. The van der Waals surface area contributed by atoms with E-state index in [1.54, 1.807) is 6.20 Å². The molecule has 90 valence electrons. The molecule has 0 atom stereocenters. The summed E-state index contributed by atoms with van der Waals surface area (Å²) in [6.07, 6.45) is 3.75. The van der Waals surface area contributed by atoms with Crippen molar-refractivity contribution in [3.8, 4) is 5.69 Å². The maximum Gasteiger partial charge on any atom is 0.0648 e. The number of rotatable bonds is 4. The Kier molecular flexibility index (Phi) is 3.59. The third-order valence-corrected chi connectivity index (χ3v) is 2.80. The second-order valence-corrected chi connectivity index (χ2v) is 4.60. The molecule has 3 nitrogen and oxygen atoms in total. The largest absolute Gasteiger partial charge is 0.310 e. The Morgan fingerprint density at radius 1 is 1.35 bits per heavy atom. The molecule has 2 rings (SSSR count). The number of aryl methyl sites for hydroxylation is 1. The van der Waals surface area contributed by atoms with E-state index in [4.69, 9.17) is 0 Å². The van der Waals surface area contributed by atoms with Crippen LogP contribution >= 0.6 is 0 Å². The van der Waals surface area contributed by atoms with E-state index in [1.807, 2.05) is 16.9 Å². The Bertz CT molecular complexity index is 472. The van der Waals surface area contributed by atoms with Gasteiger partial charge in [-0.05, 0) is 36.2 Å². The van der Waals surface area contributed by atoms with Crippen molar-refractivity contribution in [2.75, 3.05) is 0 Å². The lowest BCUT2D eigenvalue weighted by Crippen LogP contribution is -2.22. The third-order valence-electron chi connectivity index (χ3n) is 2.80. The number of hydrogen-bond donors (Lipinski definition) is 1. The Morgan fingerprint density at radius 2 is 2.18 bits per heavy atom. The van der Waals surface area contributed by atoms with E-state index in [1.165, 1.54) is 11.1 Å². The molecule has 0 bridgehead atoms. The average Bonchev–Trinajstić information content (AvgIpc) is 2.80. The first-order valence-electron chi connectivity index (χ1n) is 6.00. The van der Waals surface area contributed by atoms with Gasteiger partial charge in [0.15, 0.2) is 0 Å². The molecule has 0 fully saturated rings. The van der Waals surface area contributed by atoms with E-state index >= 15 is 0 Å². The van der Waals surface area contributed by atoms with E-state index in [-0.39, 0.29) is 0 Å². The molecule has 2 aromatic rings. The summed E-state index contributed by atoms with van der Waals surface area (Å²) in [4.78, 5) is 0. The second kappa shape index (κ2) is 5.15. The Labute approximate surface area is 102 Å². The summed E-state index contributed by atoms with van der Waals surface area (Å²) in [7, 11) is 0. The first kappa shape index (κ1) is 11.9. The van der Waals surface area contributed by atoms with Gasteiger partial charge in [-0.2, -0.15) is 5.10 Å². The lowest BCUT2D eigenvalue weighted by Gasteiger charge is -2.12. The van der Waals surface area contributed by atoms with Crippen LogP contribution in [-0.2, 0) is 6.54 Å². The van der Waals surface area contributed by atoms with Crippen molar-refractivity contribution in [2.45, 2.75) is 33.4 Å². The minimum atomic E-state index is 0.514. The van der Waals surface area contributed by atoms with Gasteiger partial charge in [0.1, 0.15) is 0 Å². The van der Waals surface area contributed by atoms with E-state index in [9.17, 15) is 0 Å². The summed E-state index contributed by atoms with van der Waals surface area (Å²) >= 11 is 0. The first-order chi connectivity index (χ1) is 8.16. The summed E-state index contributed by atoms with van der Waals surface area (Å²) in [6, 6.07) is 8.90. The Hall–Kier alpha value is -1.61. The molecule has 0 spiro atoms. The first-order valence-corrected chi connectivity index (χ1v) is 6.00. The smallest absolute Gasteiger partial charge is 0.0648 e. The molecule has 1 aromatic carbocycles. The quantitative estimate of drug-likeness (QED) is 0.873. The molecule has 0 aliphatic heterocycles. The molecule has 0 amide bonds. The van der Waals surface area contributed by atoms with Crippen LogP contribution in [0.5, 0.6) is 0 Å². The molecule has 1 aromatic heterocycles. The fraction of sp³-hybridized carbons (Fsp3) is 0.357. The van der Waals surface area contributed by atoms with Gasteiger partial charge in [0, 0.05) is 25.0 Å². The number of hydrogen-bond acceptors (Lipinski definition) is 2. The molecular formula is C14H19N3. The van der Waals surface area contributed by atoms with Crippen molar-refractivity contribution in [3.05, 3.63) is 47.8 Å². The molecule has 0 unspecified atom stereocenters. The molecule has 0 aliphatic carbocycles. The lowest BCUT2D eigenvalue weighted by molar-refractivity contribution is 0.587. The average molecular weight is 229 g/mol. The molecule has 3 heteroatoms. The summed E-state index contributed by atoms with van der Waals surface area (Å²) in [5.41, 5.74) is 3.75. The number of nitrogens with one attached hydrogen (secondary N) is 1. The van der Waals surface area contributed by atoms with Gasteiger partial charge >= 0.3 is 0 Å². The van der Waals surface area contributed by atoms with Crippen LogP contribution in [0.1, 0.15) is 25.0 Å². The molecule has 17 heavy (non-hydrogen) atoms. The van der Waals surface area contributed by atoms with Crippen molar-refractivity contribution in [1.29, 1.82) is 0 Å². The zero-order valence-electron chi connectivity index (χ0n) is 10.6. The van der Waals surface area contributed by atoms with Crippen LogP contribution < -0.4 is 5.32 Å². The van der Waals surface area contributed by atoms with Crippen molar-refractivity contribution < 1.29 is 0 Å². The monoisotopic (exact) mass is 229 g/mol. The van der Waals surface area contributed by atoms with Crippen molar-refractivity contribution in [2.24, 2.45) is 0 Å². The van der Waals surface area contributed by atoms with Crippen molar-refractivity contribution >= 4 is 0 Å². The van der Waals surface area contributed by atoms with Gasteiger partial charge < -0.3 is 5.32 Å². The number of benzene rings is 1. The van der Waals surface area contributed by atoms with Gasteiger partial charge in [-0.15, -0.1) is 0 Å². The zero-order valence-corrected chi connectivity index (χ0v) is 10.6. The minimum absolute atomic E-state index is 0.514. The van der Waals surface area contributed by atoms with E-state index in [2.05, 4.69) is 49.4 Å². The van der Waals surface area contributed by atoms with Crippen LogP contribution in [0.2, 0.25) is 0 Å². The van der Waals surface area contributed by atoms with Crippen molar-refractivity contribution in [1.82, 2.24) is 15.1 Å². The van der Waals surface area contributed by atoms with Gasteiger partial charge in [-0.1, -0.05) is 19.9 Å². The highest BCUT2D eigenvalue weighted by atomic mass is 15.3. The molecule has 0 radical (unpaired) electrons. The molecule has 0 saturated heterocycles. The van der Waals surface area contributed by atoms with E-state index in [0.717, 1.165) is 12.2 Å². The fourth-order valence-corrected chi connectivity index (χ4v) is 1.76. The second-order valence-electron chi connectivity index (χ2n) is 4.60. The highest BCUT2D eigenvalue weighted by molar-refractivity contribution is 5.39. The van der Waals surface area contributed by atoms with Crippen molar-refractivity contribution in [3.63, 3.8) is 0 Å². The summed E-state index contributed by atoms with van der Waals surface area (Å²) in [6.45, 7) is 7.38. The van der Waals surface area contributed by atoms with Crippen LogP contribution in [0.4, 0.5) is 0 Å². The SMILES string of the molecule is Cc1cc(-n2cccn2)ccc1CNC(C)C. The molecule has 0 aliphatic rings. The van der Waals surface area contributed by atoms with Crippen LogP contribution in [0.25, 0.3) is 5.69 Å². The summed E-state index contributed by atoms with van der Waals surface area (Å²) in [5, 5.41) is 7.67. The molecular weight excluding hydrogens is 210 g/mol. The van der Waals surface area contributed by atoms with Gasteiger partial charge in [0.05, 0.1) is 5.69 Å². The van der Waals surface area contributed by atoms with Gasteiger partial charge in [0.2, 0.25) is 0 Å². The van der Waals surface area contributed by atoms with Crippen LogP contribution in [0, 0.1) is 6.92 Å². The Balaban J connectivity index is 2.17. The predicted octanol–water partition coefficient (Wildman–Crippen LogP) is 2.68. The maximum absolute atomic E-state index is 4.23. The standard InChI is InChI=1S/C14H19N3/c1-11(2)15-10-13-5-6-14(9-12(13)3)17-8-4-7-16-17/h4-9,11,15H,10H2,1-3H3. The lowest BCUT2D eigenvalue weighted by atomic mass is 10.1. The zero-order chi connectivity index (χ0) is 12.3. The van der Waals surface area contributed by atoms with Gasteiger partial charge in [-0.3, -0.25) is 0 Å². The highest BCUT2D eigenvalue weighted by Gasteiger charge is 2.02. The minimum Gasteiger partial charge on any atom is -0.310 e. The van der Waals surface area contributed by atoms with Gasteiger partial charge in [0.25, 0.3) is 0 Å². The summed E-state index contributed by atoms with van der Waals surface area (Å²) in [5.74, 6) is 0. The van der Waals surface area contributed by atoms with Crippen LogP contribution in [-0.4, -0.2) is 15.8 Å². The topological polar surface area (TPSA) is 29.9 Å². The highest BCUT2D eigenvalue weighted by Crippen LogP contribution is 2.14. The van der Waals surface area contributed by atoms with Crippen LogP contribution in [0.3, 0.4) is 0 Å². The molecule has 1 N–H and O–H groups in total. The van der Waals surface area contributed by atoms with E-state index < -0.39 is 0 Å².